The third-order valence-corrected chi connectivity index (χ3v) is 4.25. The summed E-state index contributed by atoms with van der Waals surface area (Å²) < 4.78 is 5.29. The number of ether oxygens (including phenoxy) is 1. The van der Waals surface area contributed by atoms with Crippen LogP contribution in [0.1, 0.15) is 19.3 Å². The van der Waals surface area contributed by atoms with Crippen LogP contribution in [0.5, 0.6) is 0 Å². The van der Waals surface area contributed by atoms with E-state index < -0.39 is 0 Å². The van der Waals surface area contributed by atoms with E-state index in [-0.39, 0.29) is 6.04 Å². The van der Waals surface area contributed by atoms with Crippen LogP contribution < -0.4 is 0 Å². The highest BCUT2D eigenvalue weighted by molar-refractivity contribution is 5.82. The lowest BCUT2D eigenvalue weighted by Gasteiger charge is -2.46. The second-order valence-corrected chi connectivity index (χ2v) is 5.17. The van der Waals surface area contributed by atoms with Gasteiger partial charge in [0.2, 0.25) is 5.91 Å². The highest BCUT2D eigenvalue weighted by Crippen LogP contribution is 2.32. The highest BCUT2D eigenvalue weighted by Gasteiger charge is 2.39. The van der Waals surface area contributed by atoms with Crippen molar-refractivity contribution in [1.82, 2.24) is 9.80 Å². The normalized spacial score (nSPS) is 38.8. The lowest BCUT2D eigenvalue weighted by Crippen LogP contribution is -2.57. The van der Waals surface area contributed by atoms with Crippen LogP contribution in [-0.2, 0) is 9.53 Å². The Morgan fingerprint density at radius 2 is 1.75 bits per heavy atom. The molecule has 4 heteroatoms. The zero-order chi connectivity index (χ0) is 11.0. The van der Waals surface area contributed by atoms with Crippen molar-refractivity contribution in [1.29, 1.82) is 0 Å². The first-order valence-electron chi connectivity index (χ1n) is 6.45. The number of morpholine rings is 1. The van der Waals surface area contributed by atoms with Crippen LogP contribution in [0.25, 0.3) is 0 Å². The Hall–Kier alpha value is -0.610. The Kier molecular flexibility index (Phi) is 2.86. The van der Waals surface area contributed by atoms with Crippen molar-refractivity contribution in [3.8, 4) is 0 Å². The van der Waals surface area contributed by atoms with Gasteiger partial charge in [-0.15, -0.1) is 0 Å². The number of hydrogen-bond donors (Lipinski definition) is 0. The van der Waals surface area contributed by atoms with Gasteiger partial charge in [0, 0.05) is 13.1 Å². The summed E-state index contributed by atoms with van der Waals surface area (Å²) in [4.78, 5) is 16.8. The van der Waals surface area contributed by atoms with Gasteiger partial charge in [0.25, 0.3) is 0 Å². The molecule has 0 N–H and O–H groups in total. The van der Waals surface area contributed by atoms with E-state index in [4.69, 9.17) is 4.74 Å². The van der Waals surface area contributed by atoms with Gasteiger partial charge >= 0.3 is 0 Å². The molecule has 0 aromatic heterocycles. The molecule has 4 fully saturated rings. The minimum atomic E-state index is 0.186. The molecule has 4 heterocycles. The first-order valence-corrected chi connectivity index (χ1v) is 6.45. The molecule has 2 bridgehead atoms. The zero-order valence-electron chi connectivity index (χ0n) is 9.73. The van der Waals surface area contributed by atoms with Crippen LogP contribution in [0, 0.1) is 5.92 Å². The number of carbonyl (C=O) groups excluding carboxylic acids is 1. The van der Waals surface area contributed by atoms with Gasteiger partial charge in [-0.2, -0.15) is 0 Å². The Bertz CT molecular complexity index is 268. The van der Waals surface area contributed by atoms with E-state index in [1.54, 1.807) is 0 Å². The largest absolute Gasteiger partial charge is 0.378 e. The smallest absolute Gasteiger partial charge is 0.240 e. The molecule has 90 valence electrons. The van der Waals surface area contributed by atoms with Gasteiger partial charge in [-0.25, -0.2) is 0 Å². The molecule has 0 radical (unpaired) electrons. The minimum Gasteiger partial charge on any atom is -0.378 e. The monoisotopic (exact) mass is 224 g/mol. The Morgan fingerprint density at radius 1 is 1.06 bits per heavy atom. The number of fused-ring (bicyclic) bond motifs is 3. The maximum Gasteiger partial charge on any atom is 0.240 e. The highest BCUT2D eigenvalue weighted by atomic mass is 16.5. The van der Waals surface area contributed by atoms with Gasteiger partial charge in [0.1, 0.15) is 0 Å². The van der Waals surface area contributed by atoms with Gasteiger partial charge in [-0.05, 0) is 38.3 Å². The fourth-order valence-electron chi connectivity index (χ4n) is 3.22. The zero-order valence-corrected chi connectivity index (χ0v) is 9.73. The van der Waals surface area contributed by atoms with Gasteiger partial charge in [-0.3, -0.25) is 9.69 Å². The van der Waals surface area contributed by atoms with Crippen LogP contribution in [-0.4, -0.2) is 61.1 Å². The lowest BCUT2D eigenvalue weighted by atomic mass is 9.83. The maximum absolute atomic E-state index is 12.4. The summed E-state index contributed by atoms with van der Waals surface area (Å²) in [5.41, 5.74) is 0. The summed E-state index contributed by atoms with van der Waals surface area (Å²) >= 11 is 0. The SMILES string of the molecule is O=C(C1CC2CCN1CC2)N1CCOCC1. The van der Waals surface area contributed by atoms with Crippen molar-refractivity contribution >= 4 is 5.91 Å². The molecule has 4 aliphatic heterocycles. The molecule has 4 rings (SSSR count). The summed E-state index contributed by atoms with van der Waals surface area (Å²) in [7, 11) is 0. The predicted octanol–water partition coefficient (Wildman–Crippen LogP) is 0.329. The summed E-state index contributed by atoms with van der Waals surface area (Å²) in [5, 5.41) is 0. The molecule has 4 aliphatic rings. The fourth-order valence-corrected chi connectivity index (χ4v) is 3.22. The van der Waals surface area contributed by atoms with Crippen molar-refractivity contribution in [3.63, 3.8) is 0 Å². The van der Waals surface area contributed by atoms with Crippen LogP contribution in [0.15, 0.2) is 0 Å². The van der Waals surface area contributed by atoms with E-state index in [2.05, 4.69) is 4.90 Å². The predicted molar refractivity (Wildman–Crippen MR) is 60.1 cm³/mol. The first kappa shape index (κ1) is 10.5. The van der Waals surface area contributed by atoms with Crippen molar-refractivity contribution in [2.24, 2.45) is 5.92 Å². The van der Waals surface area contributed by atoms with Crippen molar-refractivity contribution in [2.75, 3.05) is 39.4 Å². The molecule has 0 aromatic rings. The Labute approximate surface area is 96.5 Å². The van der Waals surface area contributed by atoms with Crippen LogP contribution in [0.4, 0.5) is 0 Å². The minimum absolute atomic E-state index is 0.186. The number of hydrogen-bond acceptors (Lipinski definition) is 3. The van der Waals surface area contributed by atoms with E-state index in [1.165, 1.54) is 12.8 Å². The summed E-state index contributed by atoms with van der Waals surface area (Å²) in [6.07, 6.45) is 3.69. The molecule has 4 saturated heterocycles. The Morgan fingerprint density at radius 3 is 2.31 bits per heavy atom. The molecule has 0 aromatic carbocycles. The molecule has 0 saturated carbocycles. The number of amides is 1. The average Bonchev–Trinajstić information content (AvgIpc) is 2.40. The van der Waals surface area contributed by atoms with Gasteiger partial charge in [0.15, 0.2) is 0 Å². The summed E-state index contributed by atoms with van der Waals surface area (Å²) in [5.74, 6) is 1.16. The van der Waals surface area contributed by atoms with Crippen LogP contribution in [0.2, 0.25) is 0 Å². The molecule has 1 unspecified atom stereocenters. The average molecular weight is 224 g/mol. The Balaban J connectivity index is 1.65. The number of rotatable bonds is 1. The van der Waals surface area contributed by atoms with Gasteiger partial charge in [0.05, 0.1) is 19.3 Å². The van der Waals surface area contributed by atoms with E-state index in [0.29, 0.717) is 19.1 Å². The van der Waals surface area contributed by atoms with Crippen LogP contribution in [0.3, 0.4) is 0 Å². The second-order valence-electron chi connectivity index (χ2n) is 5.17. The second kappa shape index (κ2) is 4.34. The quantitative estimate of drug-likeness (QED) is 0.643. The lowest BCUT2D eigenvalue weighted by molar-refractivity contribution is -0.145. The molecular formula is C12H20N2O2. The third kappa shape index (κ3) is 1.84. The van der Waals surface area contributed by atoms with Gasteiger partial charge < -0.3 is 9.64 Å². The fraction of sp³-hybridized carbons (Fsp3) is 0.917. The third-order valence-electron chi connectivity index (χ3n) is 4.25. The molecular weight excluding hydrogens is 204 g/mol. The van der Waals surface area contributed by atoms with Gasteiger partial charge in [-0.1, -0.05) is 0 Å². The van der Waals surface area contributed by atoms with Crippen molar-refractivity contribution in [2.45, 2.75) is 25.3 Å². The van der Waals surface area contributed by atoms with Crippen molar-refractivity contribution < 1.29 is 9.53 Å². The number of piperidine rings is 3. The summed E-state index contributed by atoms with van der Waals surface area (Å²) in [6.45, 7) is 5.25. The van der Waals surface area contributed by atoms with E-state index in [9.17, 15) is 4.79 Å². The van der Waals surface area contributed by atoms with Crippen LogP contribution >= 0.6 is 0 Å². The molecule has 0 aliphatic carbocycles. The summed E-state index contributed by atoms with van der Waals surface area (Å²) in [6, 6.07) is 0.186. The molecule has 16 heavy (non-hydrogen) atoms. The number of nitrogens with zero attached hydrogens (tertiary/aromatic N) is 2. The first-order chi connectivity index (χ1) is 7.84. The molecule has 4 nitrogen and oxygen atoms in total. The maximum atomic E-state index is 12.4. The standard InChI is InChI=1S/C12H20N2O2/c15-12(14-5-7-16-8-6-14)11-9-10-1-3-13(11)4-2-10/h10-11H,1-9H2. The number of carbonyl (C=O) groups is 1. The van der Waals surface area contributed by atoms with E-state index >= 15 is 0 Å². The molecule has 1 amide bonds. The molecule has 1 atom stereocenters. The topological polar surface area (TPSA) is 32.8 Å². The molecule has 0 spiro atoms. The van der Waals surface area contributed by atoms with Crippen molar-refractivity contribution in [3.05, 3.63) is 0 Å². The van der Waals surface area contributed by atoms with E-state index in [0.717, 1.165) is 38.5 Å². The van der Waals surface area contributed by atoms with E-state index in [1.807, 2.05) is 4.90 Å².